The average Bonchev–Trinajstić information content (AvgIpc) is 3.20. The maximum absolute atomic E-state index is 12.5. The third kappa shape index (κ3) is 5.43. The van der Waals surface area contributed by atoms with E-state index in [4.69, 9.17) is 4.74 Å². The normalized spacial score (nSPS) is 15.4. The van der Waals surface area contributed by atoms with Crippen molar-refractivity contribution in [1.82, 2.24) is 0 Å². The molecule has 3 aromatic rings. The molecule has 0 saturated carbocycles. The highest BCUT2D eigenvalue weighted by Gasteiger charge is 2.33. The van der Waals surface area contributed by atoms with Crippen molar-refractivity contribution in [2.45, 2.75) is 19.2 Å². The fourth-order valence-corrected chi connectivity index (χ4v) is 4.70. The van der Waals surface area contributed by atoms with Crippen LogP contribution in [-0.2, 0) is 9.59 Å². The molecule has 0 bridgehead atoms. The molecule has 0 radical (unpaired) electrons. The van der Waals surface area contributed by atoms with Crippen molar-refractivity contribution in [3.8, 4) is 5.75 Å². The summed E-state index contributed by atoms with van der Waals surface area (Å²) in [7, 11) is 0. The average molecular weight is 461 g/mol. The summed E-state index contributed by atoms with van der Waals surface area (Å²) in [6.07, 6.45) is 0. The van der Waals surface area contributed by atoms with Crippen molar-refractivity contribution in [1.29, 1.82) is 0 Å². The molecule has 1 unspecified atom stereocenters. The van der Waals surface area contributed by atoms with E-state index in [1.807, 2.05) is 48.2 Å². The summed E-state index contributed by atoms with van der Waals surface area (Å²) in [5.41, 5.74) is 4.21. The molecular formula is C26H24N2O4S. The molecule has 3 aromatic carbocycles. The van der Waals surface area contributed by atoms with Gasteiger partial charge >= 0.3 is 0 Å². The van der Waals surface area contributed by atoms with Crippen LogP contribution in [0.4, 0.5) is 11.4 Å². The maximum atomic E-state index is 12.5. The molecule has 2 amide bonds. The van der Waals surface area contributed by atoms with Gasteiger partial charge in [-0.3, -0.25) is 19.3 Å². The summed E-state index contributed by atoms with van der Waals surface area (Å²) in [6.45, 7) is 3.38. The smallest absolute Gasteiger partial charge is 0.262 e. The lowest BCUT2D eigenvalue weighted by Crippen LogP contribution is -2.27. The summed E-state index contributed by atoms with van der Waals surface area (Å²) in [4.78, 5) is 37.9. The number of ether oxygens (including phenoxy) is 1. The Balaban J connectivity index is 1.36. The van der Waals surface area contributed by atoms with E-state index in [1.54, 1.807) is 48.2 Å². The van der Waals surface area contributed by atoms with E-state index in [2.05, 4.69) is 5.32 Å². The minimum atomic E-state index is -0.294. The number of rotatable bonds is 7. The first kappa shape index (κ1) is 22.6. The number of Topliss-reactive ketones (excluding diaryl/α,β-unsaturated/α-hetero) is 1. The molecule has 0 aromatic heterocycles. The first-order chi connectivity index (χ1) is 15.9. The molecule has 168 valence electrons. The van der Waals surface area contributed by atoms with Crippen LogP contribution in [0.5, 0.6) is 5.75 Å². The predicted octanol–water partition coefficient (Wildman–Crippen LogP) is 4.99. The highest BCUT2D eigenvalue weighted by atomic mass is 32.2. The molecule has 1 saturated heterocycles. The van der Waals surface area contributed by atoms with Gasteiger partial charge in [-0.1, -0.05) is 29.8 Å². The van der Waals surface area contributed by atoms with Gasteiger partial charge in [0.2, 0.25) is 5.91 Å². The second kappa shape index (κ2) is 9.92. The van der Waals surface area contributed by atoms with E-state index in [-0.39, 0.29) is 29.6 Å². The molecule has 1 fully saturated rings. The van der Waals surface area contributed by atoms with Crippen LogP contribution < -0.4 is 15.0 Å². The first-order valence-electron chi connectivity index (χ1n) is 10.5. The van der Waals surface area contributed by atoms with Gasteiger partial charge in [0.05, 0.1) is 5.75 Å². The van der Waals surface area contributed by atoms with Gasteiger partial charge in [0, 0.05) is 16.9 Å². The molecule has 6 nitrogen and oxygen atoms in total. The standard InChI is InChI=1S/C26H24N2O4S/c1-17-3-11-22(12-4-17)28-25(31)16-33-26(28)20-7-13-23(14-8-20)32-15-24(30)27-21-9-5-19(6-10-21)18(2)29/h3-14,26H,15-16H2,1-2H3,(H,27,30). The monoisotopic (exact) mass is 460 g/mol. The molecule has 7 heteroatoms. The predicted molar refractivity (Wildman–Crippen MR) is 131 cm³/mol. The number of nitrogens with one attached hydrogen (secondary N) is 1. The zero-order valence-corrected chi connectivity index (χ0v) is 19.2. The fourth-order valence-electron chi connectivity index (χ4n) is 3.52. The molecule has 0 aliphatic carbocycles. The van der Waals surface area contributed by atoms with Crippen LogP contribution in [0, 0.1) is 6.92 Å². The summed E-state index contributed by atoms with van der Waals surface area (Å²) in [5.74, 6) is 0.767. The van der Waals surface area contributed by atoms with Gasteiger partial charge in [-0.2, -0.15) is 0 Å². The Kier molecular flexibility index (Phi) is 6.79. The number of benzene rings is 3. The zero-order valence-electron chi connectivity index (χ0n) is 18.4. The van der Waals surface area contributed by atoms with E-state index >= 15 is 0 Å². The van der Waals surface area contributed by atoms with Gasteiger partial charge in [0.1, 0.15) is 11.1 Å². The number of amides is 2. The van der Waals surface area contributed by atoms with Crippen LogP contribution in [-0.4, -0.2) is 30.0 Å². The largest absolute Gasteiger partial charge is 0.484 e. The van der Waals surface area contributed by atoms with Crippen molar-refractivity contribution >= 4 is 40.7 Å². The number of aryl methyl sites for hydroxylation is 1. The Labute approximate surface area is 196 Å². The molecule has 33 heavy (non-hydrogen) atoms. The lowest BCUT2D eigenvalue weighted by Gasteiger charge is -2.24. The van der Waals surface area contributed by atoms with Crippen molar-refractivity contribution in [2.24, 2.45) is 0 Å². The van der Waals surface area contributed by atoms with Crippen molar-refractivity contribution in [3.63, 3.8) is 0 Å². The van der Waals surface area contributed by atoms with Crippen LogP contribution in [0.25, 0.3) is 0 Å². The Hall–Kier alpha value is -3.58. The SMILES string of the molecule is CC(=O)c1ccc(NC(=O)COc2ccc(C3SCC(=O)N3c3ccc(C)cc3)cc2)cc1. The summed E-state index contributed by atoms with van der Waals surface area (Å²) in [5, 5.41) is 2.64. The van der Waals surface area contributed by atoms with Crippen LogP contribution >= 0.6 is 11.8 Å². The van der Waals surface area contributed by atoms with Gasteiger partial charge in [0.15, 0.2) is 12.4 Å². The number of hydrogen-bond donors (Lipinski definition) is 1. The van der Waals surface area contributed by atoms with E-state index in [1.165, 1.54) is 6.92 Å². The van der Waals surface area contributed by atoms with Crippen molar-refractivity contribution < 1.29 is 19.1 Å². The number of carbonyl (C=O) groups is 3. The Morgan fingerprint density at radius 2 is 1.67 bits per heavy atom. The number of hydrogen-bond acceptors (Lipinski definition) is 5. The van der Waals surface area contributed by atoms with E-state index in [0.717, 1.165) is 16.8 Å². The minimum absolute atomic E-state index is 0.0259. The quantitative estimate of drug-likeness (QED) is 0.503. The molecule has 1 atom stereocenters. The lowest BCUT2D eigenvalue weighted by molar-refractivity contribution is -0.118. The van der Waals surface area contributed by atoms with E-state index in [0.29, 0.717) is 22.8 Å². The molecule has 1 N–H and O–H groups in total. The number of anilines is 2. The second-order valence-electron chi connectivity index (χ2n) is 7.80. The highest BCUT2D eigenvalue weighted by molar-refractivity contribution is 8.00. The molecular weight excluding hydrogens is 436 g/mol. The van der Waals surface area contributed by atoms with Gasteiger partial charge in [-0.05, 0) is 67.9 Å². The minimum Gasteiger partial charge on any atom is -0.484 e. The third-order valence-electron chi connectivity index (χ3n) is 5.29. The number of ketones is 1. The summed E-state index contributed by atoms with van der Waals surface area (Å²) < 4.78 is 5.61. The van der Waals surface area contributed by atoms with Crippen LogP contribution in [0.3, 0.4) is 0 Å². The fraction of sp³-hybridized carbons (Fsp3) is 0.192. The number of thioether (sulfide) groups is 1. The number of nitrogens with zero attached hydrogens (tertiary/aromatic N) is 1. The van der Waals surface area contributed by atoms with Crippen LogP contribution in [0.2, 0.25) is 0 Å². The van der Waals surface area contributed by atoms with Gasteiger partial charge in [-0.25, -0.2) is 0 Å². The molecule has 1 aliphatic rings. The topological polar surface area (TPSA) is 75.7 Å². The van der Waals surface area contributed by atoms with Gasteiger partial charge in [0.25, 0.3) is 5.91 Å². The Morgan fingerprint density at radius 1 is 1.00 bits per heavy atom. The number of carbonyl (C=O) groups excluding carboxylic acids is 3. The molecule has 0 spiro atoms. The summed E-state index contributed by atoms with van der Waals surface area (Å²) >= 11 is 1.59. The first-order valence-corrected chi connectivity index (χ1v) is 11.6. The Morgan fingerprint density at radius 3 is 2.30 bits per heavy atom. The van der Waals surface area contributed by atoms with Crippen molar-refractivity contribution in [3.05, 3.63) is 89.5 Å². The summed E-state index contributed by atoms with van der Waals surface area (Å²) in [6, 6.07) is 22.1. The molecule has 1 heterocycles. The van der Waals surface area contributed by atoms with Crippen LogP contribution in [0.15, 0.2) is 72.8 Å². The van der Waals surface area contributed by atoms with Gasteiger partial charge < -0.3 is 10.1 Å². The van der Waals surface area contributed by atoms with E-state index < -0.39 is 0 Å². The van der Waals surface area contributed by atoms with E-state index in [9.17, 15) is 14.4 Å². The second-order valence-corrected chi connectivity index (χ2v) is 8.87. The van der Waals surface area contributed by atoms with Crippen molar-refractivity contribution in [2.75, 3.05) is 22.6 Å². The highest BCUT2D eigenvalue weighted by Crippen LogP contribution is 2.42. The van der Waals surface area contributed by atoms with Crippen LogP contribution in [0.1, 0.15) is 33.8 Å². The zero-order chi connectivity index (χ0) is 23.4. The Bertz CT molecular complexity index is 1160. The van der Waals surface area contributed by atoms with Gasteiger partial charge in [-0.15, -0.1) is 11.8 Å². The third-order valence-corrected chi connectivity index (χ3v) is 6.50. The molecule has 1 aliphatic heterocycles. The maximum Gasteiger partial charge on any atom is 0.262 e. The molecule has 4 rings (SSSR count). The lowest BCUT2D eigenvalue weighted by atomic mass is 10.1.